The molecule has 0 bridgehead atoms. The summed E-state index contributed by atoms with van der Waals surface area (Å²) >= 11 is 0. The third kappa shape index (κ3) is 23.0. The Labute approximate surface area is 468 Å². The molecule has 4 rings (SSSR count). The van der Waals surface area contributed by atoms with E-state index in [1.807, 2.05) is 98.0 Å². The third-order valence-electron chi connectivity index (χ3n) is 12.3. The second-order valence-corrected chi connectivity index (χ2v) is 24.3. The van der Waals surface area contributed by atoms with Gasteiger partial charge in [0.05, 0.1) is 105 Å². The fourth-order valence-electron chi connectivity index (χ4n) is 8.11. The zero-order chi connectivity index (χ0) is 57.3. The zero-order valence-electron chi connectivity index (χ0n) is 45.8. The van der Waals surface area contributed by atoms with Crippen molar-refractivity contribution in [2.24, 2.45) is 0 Å². The Balaban J connectivity index is 1.17. The van der Waals surface area contributed by atoms with Crippen molar-refractivity contribution in [2.45, 2.75) is 94.1 Å². The predicted molar refractivity (Wildman–Crippen MR) is 296 cm³/mol. The summed E-state index contributed by atoms with van der Waals surface area (Å²) in [5, 5.41) is 20.7. The molecular weight excluding hydrogens is 1100 g/mol. The number of hydrogen-bond donors (Lipinski definition) is 1. The van der Waals surface area contributed by atoms with Crippen LogP contribution in [0.25, 0.3) is 0 Å². The van der Waals surface area contributed by atoms with Gasteiger partial charge in [-0.15, -0.1) is 0 Å². The van der Waals surface area contributed by atoms with E-state index in [2.05, 4.69) is 14.4 Å². The van der Waals surface area contributed by atoms with Crippen molar-refractivity contribution < 1.29 is 87.6 Å². The molecule has 0 saturated carbocycles. The van der Waals surface area contributed by atoms with Crippen molar-refractivity contribution in [3.63, 3.8) is 0 Å². The summed E-state index contributed by atoms with van der Waals surface area (Å²) in [4.78, 5) is 26.1. The topological polar surface area (TPSA) is 266 Å². The van der Waals surface area contributed by atoms with Gasteiger partial charge in [0.1, 0.15) is 29.3 Å². The molecule has 0 spiro atoms. The van der Waals surface area contributed by atoms with Crippen LogP contribution in [0.15, 0.2) is 78.9 Å². The molecule has 22 nitrogen and oxygen atoms in total. The molecule has 1 aliphatic rings. The van der Waals surface area contributed by atoms with Crippen LogP contribution in [0.3, 0.4) is 0 Å². The number of esters is 1. The van der Waals surface area contributed by atoms with Gasteiger partial charge in [-0.05, 0) is 60.2 Å². The number of phosphoric ester groups is 2. The minimum Gasteiger partial charge on any atom is -0.497 e. The van der Waals surface area contributed by atoms with Crippen LogP contribution in [-0.4, -0.2) is 147 Å². The van der Waals surface area contributed by atoms with E-state index in [1.165, 1.54) is 21.3 Å². The van der Waals surface area contributed by atoms with Gasteiger partial charge in [0, 0.05) is 52.8 Å². The van der Waals surface area contributed by atoms with Crippen LogP contribution in [0.5, 0.6) is 11.5 Å². The van der Waals surface area contributed by atoms with Gasteiger partial charge < -0.3 is 47.0 Å². The van der Waals surface area contributed by atoms with Gasteiger partial charge in [0.25, 0.3) is 0 Å². The summed E-state index contributed by atoms with van der Waals surface area (Å²) in [7, 11) is -0.752. The van der Waals surface area contributed by atoms with Gasteiger partial charge in [-0.1, -0.05) is 67.4 Å². The average molecular weight is 1180 g/mol. The van der Waals surface area contributed by atoms with E-state index in [4.69, 9.17) is 79.4 Å². The van der Waals surface area contributed by atoms with E-state index in [0.29, 0.717) is 62.6 Å². The highest BCUT2D eigenvalue weighted by Gasteiger charge is 2.43. The molecule has 0 aliphatic carbocycles. The number of carbonyl (C=O) groups excluding carboxylic acids is 2. The fourth-order valence-corrected chi connectivity index (χ4v) is 12.4. The molecule has 3 aromatic carbocycles. The van der Waals surface area contributed by atoms with Crippen molar-refractivity contribution in [3.05, 3.63) is 95.6 Å². The minimum atomic E-state index is -4.06. The number of amides is 1. The molecule has 1 saturated heterocycles. The van der Waals surface area contributed by atoms with Gasteiger partial charge in [0.2, 0.25) is 5.91 Å². The molecule has 4 unspecified atom stereocenters. The summed E-state index contributed by atoms with van der Waals surface area (Å²) in [6.07, 6.45) is 1.76. The first-order valence-electron chi connectivity index (χ1n) is 26.0. The number of unbranched alkanes of at least 4 members (excludes halogenated alkanes) is 3. The minimum absolute atomic E-state index is 0.0282. The summed E-state index contributed by atoms with van der Waals surface area (Å²) < 4.78 is 111. The monoisotopic (exact) mass is 1180 g/mol. The highest BCUT2D eigenvalue weighted by molar-refractivity contribution is 7.56. The van der Waals surface area contributed by atoms with Crippen LogP contribution in [-0.2, 0) is 83.7 Å². The number of methoxy groups -OCH3 is 2. The normalized spacial score (nSPS) is 16.9. The fraction of sp³-hybridized carbons (Fsp3) is 0.577. The van der Waals surface area contributed by atoms with Crippen LogP contribution in [0.4, 0.5) is 0 Å². The van der Waals surface area contributed by atoms with Crippen LogP contribution < -0.4 is 14.8 Å². The molecule has 1 heterocycles. The van der Waals surface area contributed by atoms with Crippen LogP contribution >= 0.6 is 24.8 Å². The number of nitrogens with zero attached hydrogens (tertiary/aromatic N) is 2. The Bertz CT molecular complexity index is 2350. The summed E-state index contributed by atoms with van der Waals surface area (Å²) in [6.45, 7) is 1.39. The van der Waals surface area contributed by atoms with Gasteiger partial charge in [-0.2, -0.15) is 19.6 Å². The second-order valence-electron chi connectivity index (χ2n) is 17.5. The number of nitriles is 2. The van der Waals surface area contributed by atoms with Crippen molar-refractivity contribution in [2.75, 3.05) is 102 Å². The Morgan fingerprint density at radius 2 is 1.18 bits per heavy atom. The quantitative estimate of drug-likeness (QED) is 0.0183. The Morgan fingerprint density at radius 1 is 0.671 bits per heavy atom. The summed E-state index contributed by atoms with van der Waals surface area (Å²) in [5.74, 6) is 0.557. The summed E-state index contributed by atoms with van der Waals surface area (Å²) in [6, 6.07) is 29.1. The van der Waals surface area contributed by atoms with E-state index in [1.54, 1.807) is 14.2 Å². The lowest BCUT2D eigenvalue weighted by atomic mass is 9.80. The molecule has 435 valence electrons. The van der Waals surface area contributed by atoms with Gasteiger partial charge in [-0.3, -0.25) is 36.7 Å². The maximum Gasteiger partial charge on any atom is 0.500 e. The van der Waals surface area contributed by atoms with E-state index in [9.17, 15) is 18.7 Å². The lowest BCUT2D eigenvalue weighted by Crippen LogP contribution is -2.42. The first kappa shape index (κ1) is 67.4. The van der Waals surface area contributed by atoms with E-state index in [0.717, 1.165) is 16.7 Å². The molecule has 27 heteroatoms. The largest absolute Gasteiger partial charge is 0.500 e. The molecule has 6 atom stereocenters. The lowest BCUT2D eigenvalue weighted by molar-refractivity contribution is -0.155. The number of rotatable bonds is 43. The van der Waals surface area contributed by atoms with E-state index < -0.39 is 48.2 Å². The van der Waals surface area contributed by atoms with Crippen LogP contribution in [0, 0.1) is 22.7 Å². The van der Waals surface area contributed by atoms with Crippen molar-refractivity contribution >= 4 is 52.4 Å². The Kier molecular flexibility index (Phi) is 31.6. The van der Waals surface area contributed by atoms with E-state index >= 15 is 0 Å². The predicted octanol–water partition coefficient (Wildman–Crippen LogP) is 8.42. The standard InChI is InChI=1S/C52H76BN3O19P3Si/c1-61-45-22-18-43(19-23-45)52(42-16-9-8-10-17-42,44-20-24-46(62-2)25-21-44)67-41-48-47(40-49(53-76)74-48)75-51(58)27-26-50(57)56-30-11-6-7-12-31-68-77(59,69-32-13-28-54)72-37-35-66-36-38-73-78(60,70-33-14-29-55)71-34-15-39-79(63-3,64-4)65-5/h8-10,16-25,47-49H,6-7,11-15,26-27,30-41,76H2,1-5H3,(H,56,57)/t47?,48-,49-,77?,78?/m1/s1. The molecule has 1 radical (unpaired) electrons. The van der Waals surface area contributed by atoms with E-state index in [-0.39, 0.29) is 97.1 Å². The van der Waals surface area contributed by atoms with Gasteiger partial charge in [-0.25, -0.2) is 9.13 Å². The number of ether oxygens (including phenoxy) is 6. The maximum atomic E-state index is 13.3. The van der Waals surface area contributed by atoms with Crippen LogP contribution in [0.1, 0.15) is 80.9 Å². The second kappa shape index (κ2) is 37.1. The number of benzene rings is 3. The first-order valence-corrected chi connectivity index (χ1v) is 31.5. The van der Waals surface area contributed by atoms with Crippen molar-refractivity contribution in [1.82, 2.24) is 5.32 Å². The van der Waals surface area contributed by atoms with Gasteiger partial charge >= 0.3 is 30.4 Å². The zero-order valence-corrected chi connectivity index (χ0v) is 49.7. The molecule has 1 amide bonds. The molecule has 79 heavy (non-hydrogen) atoms. The van der Waals surface area contributed by atoms with Crippen molar-refractivity contribution in [3.8, 4) is 23.6 Å². The summed E-state index contributed by atoms with van der Waals surface area (Å²) in [5.41, 5.74) is 1.44. The number of hydrogen-bond acceptors (Lipinski definition) is 21. The average Bonchev–Trinajstić information content (AvgIpc) is 3.93. The lowest BCUT2D eigenvalue weighted by Gasteiger charge is -2.37. The molecular formula is C52H76BN3O19P3Si. The molecule has 3 aromatic rings. The molecule has 1 aliphatic heterocycles. The smallest absolute Gasteiger partial charge is 0.497 e. The molecule has 1 fully saturated rings. The first-order chi connectivity index (χ1) is 38.3. The number of phosphoric acid groups is 2. The molecule has 0 aromatic heterocycles. The maximum absolute atomic E-state index is 13.3. The van der Waals surface area contributed by atoms with Gasteiger partial charge in [0.15, 0.2) is 7.00 Å². The molecule has 1 N–H and O–H groups in total. The highest BCUT2D eigenvalue weighted by Crippen LogP contribution is 2.51. The SMILES string of the molecule is COc1ccc(C(OC[C@H]2O[C@@H]([B]P)CC2OC(=O)CCC(=O)NCCCCCCOP(=O)(OCCC#N)OCCOCCOP(=O)(OCCC#N)OCCC[Si](OC)(OC)OC)(c2ccccc2)c2ccc(OC)cc2)cc1. The Morgan fingerprint density at radius 3 is 1.70 bits per heavy atom. The number of nitrogens with one attached hydrogen (secondary N) is 1. The third-order valence-corrected chi connectivity index (χ3v) is 18.5. The highest BCUT2D eigenvalue weighted by atomic mass is 31.2. The Hall–Kier alpha value is -4.13. The van der Waals surface area contributed by atoms with Crippen LogP contribution in [0.2, 0.25) is 6.04 Å². The number of carbonyl (C=O) groups is 2. The van der Waals surface area contributed by atoms with Crippen molar-refractivity contribution in [1.29, 1.82) is 10.5 Å².